The van der Waals surface area contributed by atoms with Crippen LogP contribution in [0.4, 0.5) is 13.2 Å². The van der Waals surface area contributed by atoms with Crippen molar-refractivity contribution in [2.24, 2.45) is 5.41 Å². The summed E-state index contributed by atoms with van der Waals surface area (Å²) >= 11 is 0. The van der Waals surface area contributed by atoms with Crippen molar-refractivity contribution in [3.63, 3.8) is 0 Å². The van der Waals surface area contributed by atoms with Crippen molar-refractivity contribution >= 4 is 5.97 Å². The Morgan fingerprint density at radius 1 is 0.844 bits per heavy atom. The van der Waals surface area contributed by atoms with Crippen molar-refractivity contribution in [1.82, 2.24) is 0 Å². The average molecular weight is 442 g/mol. The van der Waals surface area contributed by atoms with Gasteiger partial charge in [0.1, 0.15) is 18.1 Å². The number of carbonyl (C=O) groups is 1. The summed E-state index contributed by atoms with van der Waals surface area (Å²) in [7, 11) is 0. The molecule has 3 rings (SSSR count). The molecule has 0 bridgehead atoms. The molecule has 0 aliphatic heterocycles. The van der Waals surface area contributed by atoms with Gasteiger partial charge in [-0.15, -0.1) is 0 Å². The largest absolute Gasteiger partial charge is 0.460 e. The SMILES string of the molecule is CC(C)(C)C(C(=O)OCc1cccc(Oc2ccccc2)c1)c1ccc(C(F)(F)F)cc1. The molecule has 0 heterocycles. The molecule has 0 saturated heterocycles. The highest BCUT2D eigenvalue weighted by Gasteiger charge is 2.36. The molecular formula is C26H25F3O3. The van der Waals surface area contributed by atoms with Crippen molar-refractivity contribution in [2.75, 3.05) is 0 Å². The van der Waals surface area contributed by atoms with E-state index in [-0.39, 0.29) is 6.61 Å². The molecule has 0 saturated carbocycles. The molecule has 0 radical (unpaired) electrons. The molecule has 3 nitrogen and oxygen atoms in total. The Kier molecular flexibility index (Phi) is 6.92. The highest BCUT2D eigenvalue weighted by molar-refractivity contribution is 5.79. The van der Waals surface area contributed by atoms with E-state index in [0.717, 1.165) is 17.7 Å². The van der Waals surface area contributed by atoms with Crippen molar-refractivity contribution in [3.05, 3.63) is 95.6 Å². The van der Waals surface area contributed by atoms with Crippen LogP contribution < -0.4 is 4.74 Å². The van der Waals surface area contributed by atoms with E-state index >= 15 is 0 Å². The van der Waals surface area contributed by atoms with Crippen molar-refractivity contribution in [2.45, 2.75) is 39.5 Å². The van der Waals surface area contributed by atoms with Crippen LogP contribution in [-0.4, -0.2) is 5.97 Å². The lowest BCUT2D eigenvalue weighted by Crippen LogP contribution is -2.28. The zero-order chi connectivity index (χ0) is 23.4. The van der Waals surface area contributed by atoms with Gasteiger partial charge in [0.2, 0.25) is 0 Å². The van der Waals surface area contributed by atoms with Crippen LogP contribution in [0.15, 0.2) is 78.9 Å². The van der Waals surface area contributed by atoms with Crippen LogP contribution in [0.25, 0.3) is 0 Å². The van der Waals surface area contributed by atoms with Crippen molar-refractivity contribution < 1.29 is 27.4 Å². The van der Waals surface area contributed by atoms with Crippen molar-refractivity contribution in [3.8, 4) is 11.5 Å². The van der Waals surface area contributed by atoms with Gasteiger partial charge in [0.15, 0.2) is 0 Å². The number of rotatable bonds is 6. The van der Waals surface area contributed by atoms with E-state index < -0.39 is 29.0 Å². The predicted molar refractivity (Wildman–Crippen MR) is 116 cm³/mol. The first-order chi connectivity index (χ1) is 15.0. The fourth-order valence-corrected chi connectivity index (χ4v) is 3.42. The van der Waals surface area contributed by atoms with Crippen molar-refractivity contribution in [1.29, 1.82) is 0 Å². The molecule has 6 heteroatoms. The minimum Gasteiger partial charge on any atom is -0.460 e. The number of ether oxygens (including phenoxy) is 2. The number of benzene rings is 3. The summed E-state index contributed by atoms with van der Waals surface area (Å²) < 4.78 is 50.0. The van der Waals surface area contributed by atoms with Gasteiger partial charge in [0, 0.05) is 0 Å². The Morgan fingerprint density at radius 3 is 2.06 bits per heavy atom. The Morgan fingerprint density at radius 2 is 1.47 bits per heavy atom. The third kappa shape index (κ3) is 6.13. The number of esters is 1. The van der Waals surface area contributed by atoms with Crippen LogP contribution in [0, 0.1) is 5.41 Å². The lowest BCUT2D eigenvalue weighted by molar-refractivity contribution is -0.149. The number of carbonyl (C=O) groups excluding carboxylic acids is 1. The molecule has 1 atom stereocenters. The lowest BCUT2D eigenvalue weighted by Gasteiger charge is -2.29. The molecular weight excluding hydrogens is 417 g/mol. The number of halogens is 3. The number of alkyl halides is 3. The molecule has 1 unspecified atom stereocenters. The molecule has 0 N–H and O–H groups in total. The van der Waals surface area contributed by atoms with Crippen LogP contribution in [0.3, 0.4) is 0 Å². The van der Waals surface area contributed by atoms with E-state index in [9.17, 15) is 18.0 Å². The van der Waals surface area contributed by atoms with E-state index in [0.29, 0.717) is 17.1 Å². The number of para-hydroxylation sites is 1. The molecule has 0 spiro atoms. The zero-order valence-electron chi connectivity index (χ0n) is 18.1. The maximum absolute atomic E-state index is 12.9. The first-order valence-electron chi connectivity index (χ1n) is 10.2. The summed E-state index contributed by atoms with van der Waals surface area (Å²) in [5, 5.41) is 0. The van der Waals surface area contributed by atoms with Gasteiger partial charge < -0.3 is 9.47 Å². The molecule has 0 aliphatic rings. The van der Waals surface area contributed by atoms with E-state index in [1.54, 1.807) is 18.2 Å². The number of hydrogen-bond acceptors (Lipinski definition) is 3. The van der Waals surface area contributed by atoms with E-state index in [4.69, 9.17) is 9.47 Å². The maximum atomic E-state index is 12.9. The van der Waals surface area contributed by atoms with Crippen LogP contribution in [-0.2, 0) is 22.3 Å². The monoisotopic (exact) mass is 442 g/mol. The minimum absolute atomic E-state index is 0.0258. The summed E-state index contributed by atoms with van der Waals surface area (Å²) in [6.07, 6.45) is -4.43. The Balaban J connectivity index is 1.72. The Labute approximate surface area is 185 Å². The molecule has 0 fully saturated rings. The molecule has 32 heavy (non-hydrogen) atoms. The summed E-state index contributed by atoms with van der Waals surface area (Å²) in [5.74, 6) is 0.0942. The van der Waals surface area contributed by atoms with Gasteiger partial charge >= 0.3 is 12.1 Å². The summed E-state index contributed by atoms with van der Waals surface area (Å²) in [5.41, 5.74) is -0.0734. The van der Waals surface area contributed by atoms with Gasteiger partial charge in [0.05, 0.1) is 11.5 Å². The quantitative estimate of drug-likeness (QED) is 0.374. The molecule has 3 aromatic carbocycles. The van der Waals surface area contributed by atoms with Gasteiger partial charge in [-0.05, 0) is 52.9 Å². The minimum atomic E-state index is -4.43. The summed E-state index contributed by atoms with van der Waals surface area (Å²) in [4.78, 5) is 12.9. The third-order valence-corrected chi connectivity index (χ3v) is 4.93. The topological polar surface area (TPSA) is 35.5 Å². The van der Waals surface area contributed by atoms with Gasteiger partial charge in [-0.2, -0.15) is 13.2 Å². The van der Waals surface area contributed by atoms with Crippen LogP contribution in [0.5, 0.6) is 11.5 Å². The second-order valence-electron chi connectivity index (χ2n) is 8.59. The average Bonchev–Trinajstić information content (AvgIpc) is 2.72. The summed E-state index contributed by atoms with van der Waals surface area (Å²) in [6.45, 7) is 5.58. The van der Waals surface area contributed by atoms with Gasteiger partial charge in [0.25, 0.3) is 0 Å². The van der Waals surface area contributed by atoms with E-state index in [2.05, 4.69) is 0 Å². The predicted octanol–water partition coefficient (Wildman–Crippen LogP) is 7.37. The van der Waals surface area contributed by atoms with Crippen LogP contribution in [0.1, 0.15) is 43.4 Å². The second kappa shape index (κ2) is 9.47. The maximum Gasteiger partial charge on any atom is 0.416 e. The second-order valence-corrected chi connectivity index (χ2v) is 8.59. The Hall–Kier alpha value is -3.28. The zero-order valence-corrected chi connectivity index (χ0v) is 18.1. The highest BCUT2D eigenvalue weighted by Crippen LogP contribution is 2.38. The van der Waals surface area contributed by atoms with Gasteiger partial charge in [-0.1, -0.05) is 63.2 Å². The molecule has 0 aliphatic carbocycles. The van der Waals surface area contributed by atoms with Crippen LogP contribution >= 0.6 is 0 Å². The molecule has 168 valence electrons. The standard InChI is InChI=1S/C26H25F3O3/c1-25(2,3)23(19-12-14-20(15-13-19)26(27,28)29)24(30)31-17-18-8-7-11-22(16-18)32-21-9-5-4-6-10-21/h4-16,23H,17H2,1-3H3. The normalized spacial score (nSPS) is 12.8. The Bertz CT molecular complexity index is 1040. The molecule has 0 aromatic heterocycles. The highest BCUT2D eigenvalue weighted by atomic mass is 19.4. The third-order valence-electron chi connectivity index (χ3n) is 4.93. The lowest BCUT2D eigenvalue weighted by atomic mass is 9.76. The fraction of sp³-hybridized carbons (Fsp3) is 0.269. The summed E-state index contributed by atoms with van der Waals surface area (Å²) in [6, 6.07) is 21.2. The first kappa shape index (κ1) is 23.4. The fourth-order valence-electron chi connectivity index (χ4n) is 3.42. The first-order valence-corrected chi connectivity index (χ1v) is 10.2. The number of hydrogen-bond donors (Lipinski definition) is 0. The molecule has 0 amide bonds. The van der Waals surface area contributed by atoms with E-state index in [1.165, 1.54) is 12.1 Å². The smallest absolute Gasteiger partial charge is 0.416 e. The van der Waals surface area contributed by atoms with Crippen LogP contribution in [0.2, 0.25) is 0 Å². The molecule has 3 aromatic rings. The van der Waals surface area contributed by atoms with E-state index in [1.807, 2.05) is 57.2 Å². The van der Waals surface area contributed by atoms with Gasteiger partial charge in [-0.25, -0.2) is 0 Å². The van der Waals surface area contributed by atoms with Gasteiger partial charge in [-0.3, -0.25) is 4.79 Å².